The molecular weight excluding hydrogens is 378 g/mol. The standard InChI is InChI=1S/C24H29N3O3/c1-18-8-10-19(11-9-18)17-26-12-4-13-27(24(26)29)21-6-2-5-20(15-21)23(28)25-16-22-7-3-14-30-22/h2,5-6,8-11,15,22H,3-4,7,12-14,16-17H2,1H3,(H,25,28)/t22-/m0/s1. The van der Waals surface area contributed by atoms with Crippen LogP contribution in [0.5, 0.6) is 0 Å². The summed E-state index contributed by atoms with van der Waals surface area (Å²) in [5.41, 5.74) is 3.66. The van der Waals surface area contributed by atoms with E-state index in [1.54, 1.807) is 17.0 Å². The molecule has 0 unspecified atom stereocenters. The number of rotatable bonds is 6. The lowest BCUT2D eigenvalue weighted by Gasteiger charge is -2.36. The van der Waals surface area contributed by atoms with Gasteiger partial charge in [0.25, 0.3) is 5.91 Å². The van der Waals surface area contributed by atoms with E-state index < -0.39 is 0 Å². The Hall–Kier alpha value is -2.86. The molecule has 0 bridgehead atoms. The van der Waals surface area contributed by atoms with Crippen molar-refractivity contribution in [3.05, 3.63) is 65.2 Å². The highest BCUT2D eigenvalue weighted by molar-refractivity contribution is 5.98. The quantitative estimate of drug-likeness (QED) is 0.794. The van der Waals surface area contributed by atoms with Gasteiger partial charge in [-0.3, -0.25) is 9.69 Å². The van der Waals surface area contributed by atoms with E-state index in [0.29, 0.717) is 25.2 Å². The fourth-order valence-corrected chi connectivity index (χ4v) is 4.01. The molecule has 2 fully saturated rings. The summed E-state index contributed by atoms with van der Waals surface area (Å²) in [5, 5.41) is 2.95. The summed E-state index contributed by atoms with van der Waals surface area (Å²) >= 11 is 0. The lowest BCUT2D eigenvalue weighted by Crippen LogP contribution is -2.49. The minimum atomic E-state index is -0.131. The number of urea groups is 1. The Balaban J connectivity index is 1.42. The summed E-state index contributed by atoms with van der Waals surface area (Å²) in [5.74, 6) is -0.131. The van der Waals surface area contributed by atoms with Crippen LogP contribution in [0.15, 0.2) is 48.5 Å². The predicted octanol–water partition coefficient (Wildman–Crippen LogP) is 3.74. The molecule has 0 aliphatic carbocycles. The Labute approximate surface area is 177 Å². The van der Waals surface area contributed by atoms with E-state index in [4.69, 9.17) is 4.74 Å². The predicted molar refractivity (Wildman–Crippen MR) is 117 cm³/mol. The van der Waals surface area contributed by atoms with Gasteiger partial charge < -0.3 is 15.0 Å². The van der Waals surface area contributed by atoms with Crippen LogP contribution in [0.1, 0.15) is 40.7 Å². The maximum absolute atomic E-state index is 13.1. The van der Waals surface area contributed by atoms with Gasteiger partial charge in [-0.2, -0.15) is 0 Å². The van der Waals surface area contributed by atoms with Crippen LogP contribution in [-0.2, 0) is 11.3 Å². The molecule has 2 saturated heterocycles. The molecule has 2 aromatic rings. The Morgan fingerprint density at radius 2 is 1.97 bits per heavy atom. The maximum Gasteiger partial charge on any atom is 0.324 e. The minimum Gasteiger partial charge on any atom is -0.376 e. The zero-order valence-electron chi connectivity index (χ0n) is 17.5. The first kappa shape index (κ1) is 20.4. The van der Waals surface area contributed by atoms with Crippen molar-refractivity contribution in [3.63, 3.8) is 0 Å². The molecule has 6 heteroatoms. The van der Waals surface area contributed by atoms with Crippen molar-refractivity contribution in [1.29, 1.82) is 0 Å². The zero-order chi connectivity index (χ0) is 20.9. The molecule has 158 valence electrons. The number of nitrogens with zero attached hydrogens (tertiary/aromatic N) is 2. The number of benzene rings is 2. The summed E-state index contributed by atoms with van der Waals surface area (Å²) in [4.78, 5) is 29.3. The highest BCUT2D eigenvalue weighted by atomic mass is 16.5. The third kappa shape index (κ3) is 4.82. The number of amides is 3. The first-order valence-electron chi connectivity index (χ1n) is 10.7. The molecule has 2 aromatic carbocycles. The molecule has 6 nitrogen and oxygen atoms in total. The van der Waals surface area contributed by atoms with Crippen molar-refractivity contribution < 1.29 is 14.3 Å². The van der Waals surface area contributed by atoms with Crippen molar-refractivity contribution in [2.24, 2.45) is 0 Å². The molecule has 0 spiro atoms. The van der Waals surface area contributed by atoms with Gasteiger partial charge in [0.15, 0.2) is 0 Å². The summed E-state index contributed by atoms with van der Waals surface area (Å²) in [6.45, 7) is 5.34. The number of aryl methyl sites for hydroxylation is 1. The van der Waals surface area contributed by atoms with Gasteiger partial charge >= 0.3 is 6.03 Å². The highest BCUT2D eigenvalue weighted by Gasteiger charge is 2.27. The van der Waals surface area contributed by atoms with Gasteiger partial charge in [-0.1, -0.05) is 35.9 Å². The second-order valence-corrected chi connectivity index (χ2v) is 8.09. The number of ether oxygens (including phenoxy) is 1. The number of carbonyl (C=O) groups is 2. The third-order valence-electron chi connectivity index (χ3n) is 5.74. The Morgan fingerprint density at radius 3 is 2.73 bits per heavy atom. The van der Waals surface area contributed by atoms with E-state index in [1.807, 2.05) is 17.0 Å². The third-order valence-corrected chi connectivity index (χ3v) is 5.74. The van der Waals surface area contributed by atoms with Gasteiger partial charge in [0.2, 0.25) is 0 Å². The van der Waals surface area contributed by atoms with Crippen molar-refractivity contribution in [3.8, 4) is 0 Å². The van der Waals surface area contributed by atoms with Gasteiger partial charge in [-0.25, -0.2) is 4.79 Å². The first-order valence-corrected chi connectivity index (χ1v) is 10.7. The summed E-state index contributed by atoms with van der Waals surface area (Å²) in [7, 11) is 0. The second kappa shape index (κ2) is 9.30. The van der Waals surface area contributed by atoms with Gasteiger partial charge in [0.1, 0.15) is 0 Å². The molecule has 0 saturated carbocycles. The molecule has 0 aromatic heterocycles. The monoisotopic (exact) mass is 407 g/mol. The normalized spacial score (nSPS) is 19.2. The fourth-order valence-electron chi connectivity index (χ4n) is 4.01. The maximum atomic E-state index is 13.1. The molecule has 0 radical (unpaired) electrons. The first-order chi connectivity index (χ1) is 14.6. The largest absolute Gasteiger partial charge is 0.376 e. The SMILES string of the molecule is Cc1ccc(CN2CCCN(c3cccc(C(=O)NC[C@@H]4CCCO4)c3)C2=O)cc1. The number of anilines is 1. The van der Waals surface area contributed by atoms with Crippen molar-refractivity contribution in [2.45, 2.75) is 38.8 Å². The fraction of sp³-hybridized carbons (Fsp3) is 0.417. The lowest BCUT2D eigenvalue weighted by molar-refractivity contribution is 0.0857. The zero-order valence-corrected chi connectivity index (χ0v) is 17.5. The molecule has 2 aliphatic rings. The van der Waals surface area contributed by atoms with Crippen LogP contribution < -0.4 is 10.2 Å². The molecule has 3 amide bonds. The van der Waals surface area contributed by atoms with E-state index in [1.165, 1.54) is 5.56 Å². The van der Waals surface area contributed by atoms with Crippen LogP contribution in [0.2, 0.25) is 0 Å². The number of nitrogens with one attached hydrogen (secondary N) is 1. The van der Waals surface area contributed by atoms with Crippen LogP contribution >= 0.6 is 0 Å². The smallest absolute Gasteiger partial charge is 0.324 e. The minimum absolute atomic E-state index is 0.0151. The number of carbonyl (C=O) groups excluding carboxylic acids is 2. The van der Waals surface area contributed by atoms with E-state index in [2.05, 4.69) is 36.5 Å². The highest BCUT2D eigenvalue weighted by Crippen LogP contribution is 2.23. The van der Waals surface area contributed by atoms with E-state index in [-0.39, 0.29) is 18.0 Å². The number of hydrogen-bond donors (Lipinski definition) is 1. The Kier molecular flexibility index (Phi) is 6.33. The summed E-state index contributed by atoms with van der Waals surface area (Å²) < 4.78 is 5.57. The van der Waals surface area contributed by atoms with Crippen LogP contribution in [0, 0.1) is 6.92 Å². The van der Waals surface area contributed by atoms with Crippen LogP contribution in [0.3, 0.4) is 0 Å². The van der Waals surface area contributed by atoms with Gasteiger partial charge in [0.05, 0.1) is 6.10 Å². The van der Waals surface area contributed by atoms with Crippen LogP contribution in [-0.4, -0.2) is 49.2 Å². The molecule has 2 aliphatic heterocycles. The summed E-state index contributed by atoms with van der Waals surface area (Å²) in [6, 6.07) is 15.6. The van der Waals surface area contributed by atoms with E-state index in [9.17, 15) is 9.59 Å². The van der Waals surface area contributed by atoms with Gasteiger partial charge in [0, 0.05) is 44.0 Å². The summed E-state index contributed by atoms with van der Waals surface area (Å²) in [6.07, 6.45) is 3.04. The van der Waals surface area contributed by atoms with Crippen molar-refractivity contribution in [1.82, 2.24) is 10.2 Å². The van der Waals surface area contributed by atoms with Crippen molar-refractivity contribution in [2.75, 3.05) is 31.1 Å². The van der Waals surface area contributed by atoms with Crippen molar-refractivity contribution >= 4 is 17.6 Å². The molecule has 1 atom stereocenters. The Morgan fingerprint density at radius 1 is 1.13 bits per heavy atom. The number of hydrogen-bond acceptors (Lipinski definition) is 3. The topological polar surface area (TPSA) is 61.9 Å². The molecule has 2 heterocycles. The average Bonchev–Trinajstić information content (AvgIpc) is 3.29. The van der Waals surface area contributed by atoms with Gasteiger partial charge in [-0.15, -0.1) is 0 Å². The van der Waals surface area contributed by atoms with E-state index >= 15 is 0 Å². The molecule has 1 N–H and O–H groups in total. The van der Waals surface area contributed by atoms with Crippen LogP contribution in [0.4, 0.5) is 10.5 Å². The average molecular weight is 408 g/mol. The molecule has 4 rings (SSSR count). The lowest BCUT2D eigenvalue weighted by atomic mass is 10.1. The van der Waals surface area contributed by atoms with Crippen LogP contribution in [0.25, 0.3) is 0 Å². The Bertz CT molecular complexity index is 891. The van der Waals surface area contributed by atoms with E-state index in [0.717, 1.165) is 43.7 Å². The van der Waals surface area contributed by atoms with Gasteiger partial charge in [-0.05, 0) is 49.9 Å². The molecule has 30 heavy (non-hydrogen) atoms. The second-order valence-electron chi connectivity index (χ2n) is 8.09. The molecular formula is C24H29N3O3.